The fraction of sp³-hybridized carbons (Fsp3) is 0.700. The number of nitrogens with zero attached hydrogens (tertiary/aromatic N) is 1. The number of thiazole rings is 1. The molecule has 3 nitrogen and oxygen atoms in total. The van der Waals surface area contributed by atoms with Crippen molar-refractivity contribution < 1.29 is 5.11 Å². The third-order valence-corrected chi connectivity index (χ3v) is 3.64. The molecule has 2 N–H and O–H groups in total. The van der Waals surface area contributed by atoms with Gasteiger partial charge in [-0.05, 0) is 19.4 Å². The van der Waals surface area contributed by atoms with Crippen molar-refractivity contribution in [1.82, 2.24) is 10.3 Å². The summed E-state index contributed by atoms with van der Waals surface area (Å²) in [5, 5.41) is 15.5. The summed E-state index contributed by atoms with van der Waals surface area (Å²) >= 11 is 1.73. The van der Waals surface area contributed by atoms with E-state index in [2.05, 4.69) is 15.7 Å². The van der Waals surface area contributed by atoms with Crippen LogP contribution in [0.2, 0.25) is 0 Å². The van der Waals surface area contributed by atoms with Crippen LogP contribution in [0.5, 0.6) is 0 Å². The van der Waals surface area contributed by atoms with Crippen molar-refractivity contribution in [3.63, 3.8) is 0 Å². The smallest absolute Gasteiger partial charge is 0.0971 e. The van der Waals surface area contributed by atoms with Crippen molar-refractivity contribution in [2.24, 2.45) is 0 Å². The van der Waals surface area contributed by atoms with Crippen LogP contribution < -0.4 is 5.32 Å². The fourth-order valence-corrected chi connectivity index (χ4v) is 2.79. The van der Waals surface area contributed by atoms with Crippen molar-refractivity contribution in [3.8, 4) is 0 Å². The molecule has 1 atom stereocenters. The van der Waals surface area contributed by atoms with Crippen molar-refractivity contribution in [2.75, 3.05) is 19.7 Å². The van der Waals surface area contributed by atoms with Gasteiger partial charge in [0.2, 0.25) is 0 Å². The topological polar surface area (TPSA) is 45.1 Å². The summed E-state index contributed by atoms with van der Waals surface area (Å²) in [5.74, 6) is 0.598. The average molecular weight is 212 g/mol. The van der Waals surface area contributed by atoms with E-state index in [9.17, 15) is 0 Å². The van der Waals surface area contributed by atoms with E-state index >= 15 is 0 Å². The van der Waals surface area contributed by atoms with Crippen LogP contribution in [0.15, 0.2) is 5.38 Å². The molecular weight excluding hydrogens is 196 g/mol. The second-order valence-electron chi connectivity index (χ2n) is 3.69. The van der Waals surface area contributed by atoms with Crippen LogP contribution in [0, 0.1) is 0 Å². The van der Waals surface area contributed by atoms with E-state index in [0.717, 1.165) is 18.8 Å². The van der Waals surface area contributed by atoms with Gasteiger partial charge in [0.15, 0.2) is 0 Å². The lowest BCUT2D eigenvalue weighted by Gasteiger charge is -2.20. The lowest BCUT2D eigenvalue weighted by atomic mass is 10.0. The molecule has 1 fully saturated rings. The van der Waals surface area contributed by atoms with Crippen LogP contribution in [0.4, 0.5) is 0 Å². The van der Waals surface area contributed by atoms with E-state index in [1.807, 2.05) is 0 Å². The Labute approximate surface area is 88.2 Å². The van der Waals surface area contributed by atoms with Gasteiger partial charge in [-0.2, -0.15) is 0 Å². The molecule has 2 heterocycles. The fourth-order valence-electron chi connectivity index (χ4n) is 1.80. The highest BCUT2D eigenvalue weighted by Crippen LogP contribution is 2.26. The van der Waals surface area contributed by atoms with Gasteiger partial charge in [0.1, 0.15) is 0 Å². The zero-order valence-corrected chi connectivity index (χ0v) is 9.02. The van der Waals surface area contributed by atoms with E-state index in [-0.39, 0.29) is 6.61 Å². The van der Waals surface area contributed by atoms with Crippen molar-refractivity contribution in [3.05, 3.63) is 16.1 Å². The molecule has 1 aliphatic rings. The predicted octanol–water partition coefficient (Wildman–Crippen LogP) is 1.14. The highest BCUT2D eigenvalue weighted by atomic mass is 32.1. The van der Waals surface area contributed by atoms with Crippen LogP contribution in [-0.4, -0.2) is 29.8 Å². The first-order valence-corrected chi connectivity index (χ1v) is 6.04. The Hall–Kier alpha value is -0.450. The summed E-state index contributed by atoms with van der Waals surface area (Å²) in [6.45, 7) is 2.41. The molecule has 78 valence electrons. The second kappa shape index (κ2) is 4.87. The standard InChI is InChI=1S/C10H16N2OS/c13-5-3-9-7-14-10(12-9)8-2-1-4-11-6-8/h7-8,11,13H,1-6H2. The molecule has 2 rings (SSSR count). The Bertz CT molecular complexity index is 281. The van der Waals surface area contributed by atoms with E-state index in [1.54, 1.807) is 11.3 Å². The second-order valence-corrected chi connectivity index (χ2v) is 4.58. The van der Waals surface area contributed by atoms with Crippen LogP contribution in [0.1, 0.15) is 29.5 Å². The Morgan fingerprint density at radius 1 is 1.64 bits per heavy atom. The summed E-state index contributed by atoms with van der Waals surface area (Å²) < 4.78 is 0. The molecule has 0 aliphatic carbocycles. The van der Waals surface area contributed by atoms with Gasteiger partial charge in [-0.1, -0.05) is 0 Å². The molecule has 1 unspecified atom stereocenters. The van der Waals surface area contributed by atoms with Crippen molar-refractivity contribution in [2.45, 2.75) is 25.2 Å². The van der Waals surface area contributed by atoms with Gasteiger partial charge < -0.3 is 10.4 Å². The number of hydrogen-bond acceptors (Lipinski definition) is 4. The molecule has 1 saturated heterocycles. The highest BCUT2D eigenvalue weighted by Gasteiger charge is 2.17. The largest absolute Gasteiger partial charge is 0.396 e. The third-order valence-electron chi connectivity index (χ3n) is 2.58. The van der Waals surface area contributed by atoms with Gasteiger partial charge in [0.25, 0.3) is 0 Å². The van der Waals surface area contributed by atoms with E-state index in [0.29, 0.717) is 12.3 Å². The van der Waals surface area contributed by atoms with Gasteiger partial charge in [0.05, 0.1) is 10.7 Å². The number of rotatable bonds is 3. The van der Waals surface area contributed by atoms with Crippen LogP contribution in [0.3, 0.4) is 0 Å². The minimum atomic E-state index is 0.200. The number of hydrogen-bond donors (Lipinski definition) is 2. The monoisotopic (exact) mass is 212 g/mol. The zero-order valence-electron chi connectivity index (χ0n) is 8.20. The van der Waals surface area contributed by atoms with E-state index in [1.165, 1.54) is 17.8 Å². The summed E-state index contributed by atoms with van der Waals surface area (Å²) in [5.41, 5.74) is 1.04. The number of aliphatic hydroxyl groups excluding tert-OH is 1. The van der Waals surface area contributed by atoms with E-state index in [4.69, 9.17) is 5.11 Å². The van der Waals surface area contributed by atoms with Crippen LogP contribution in [-0.2, 0) is 6.42 Å². The molecule has 0 saturated carbocycles. The SMILES string of the molecule is OCCc1csc(C2CCCNC2)n1. The predicted molar refractivity (Wildman–Crippen MR) is 57.7 cm³/mol. The Morgan fingerprint density at radius 3 is 3.29 bits per heavy atom. The summed E-state index contributed by atoms with van der Waals surface area (Å²) in [6, 6.07) is 0. The zero-order chi connectivity index (χ0) is 9.80. The Balaban J connectivity index is 2.00. The minimum Gasteiger partial charge on any atom is -0.396 e. The maximum atomic E-state index is 8.79. The molecular formula is C10H16N2OS. The molecule has 4 heteroatoms. The summed E-state index contributed by atoms with van der Waals surface area (Å²) in [6.07, 6.45) is 3.19. The number of piperidine rings is 1. The molecule has 0 radical (unpaired) electrons. The molecule has 0 amide bonds. The van der Waals surface area contributed by atoms with Crippen LogP contribution >= 0.6 is 11.3 Å². The molecule has 14 heavy (non-hydrogen) atoms. The van der Waals surface area contributed by atoms with Gasteiger partial charge in [0, 0.05) is 30.9 Å². The van der Waals surface area contributed by atoms with E-state index < -0.39 is 0 Å². The first kappa shape index (κ1) is 10.1. The van der Waals surface area contributed by atoms with Gasteiger partial charge >= 0.3 is 0 Å². The molecule has 1 aromatic heterocycles. The van der Waals surface area contributed by atoms with Crippen molar-refractivity contribution in [1.29, 1.82) is 0 Å². The first-order chi connectivity index (χ1) is 6.90. The molecule has 0 spiro atoms. The van der Waals surface area contributed by atoms with Gasteiger partial charge in [-0.25, -0.2) is 4.98 Å². The summed E-state index contributed by atoms with van der Waals surface area (Å²) in [7, 11) is 0. The van der Waals surface area contributed by atoms with Gasteiger partial charge in [-0.3, -0.25) is 0 Å². The molecule has 1 aliphatic heterocycles. The quantitative estimate of drug-likeness (QED) is 0.790. The molecule has 0 bridgehead atoms. The maximum absolute atomic E-state index is 8.79. The van der Waals surface area contributed by atoms with Gasteiger partial charge in [-0.15, -0.1) is 11.3 Å². The lowest BCUT2D eigenvalue weighted by molar-refractivity contribution is 0.298. The first-order valence-electron chi connectivity index (χ1n) is 5.16. The molecule has 0 aromatic carbocycles. The number of aliphatic hydroxyl groups is 1. The third kappa shape index (κ3) is 2.32. The lowest BCUT2D eigenvalue weighted by Crippen LogP contribution is -2.28. The summed E-state index contributed by atoms with van der Waals surface area (Å²) in [4.78, 5) is 4.54. The number of aromatic nitrogens is 1. The molecule has 1 aromatic rings. The number of nitrogens with one attached hydrogen (secondary N) is 1. The minimum absolute atomic E-state index is 0.200. The highest BCUT2D eigenvalue weighted by molar-refractivity contribution is 7.09. The Kier molecular flexibility index (Phi) is 3.50. The van der Waals surface area contributed by atoms with Crippen LogP contribution in [0.25, 0.3) is 0 Å². The average Bonchev–Trinajstić information content (AvgIpc) is 2.68. The maximum Gasteiger partial charge on any atom is 0.0971 e. The Morgan fingerprint density at radius 2 is 2.57 bits per heavy atom. The van der Waals surface area contributed by atoms with Crippen molar-refractivity contribution >= 4 is 11.3 Å². The normalized spacial score (nSPS) is 22.5.